The summed E-state index contributed by atoms with van der Waals surface area (Å²) in [7, 11) is -3.74. The normalized spacial score (nSPS) is 21.3. The van der Waals surface area contributed by atoms with E-state index in [1.807, 2.05) is 30.3 Å². The standard InChI is InChI=1S/C19H21NO4S/c21-14-16-11-12-18(25(23,24)17-9-5-2-6-10-17)19(22)20(16)13-15-7-3-1-4-8-15/h1-10,16,18,21H,11-14H2/t16-,18?/m0/s1. The van der Waals surface area contributed by atoms with Gasteiger partial charge in [-0.25, -0.2) is 8.42 Å². The van der Waals surface area contributed by atoms with Gasteiger partial charge < -0.3 is 10.0 Å². The Morgan fingerprint density at radius 3 is 2.16 bits per heavy atom. The van der Waals surface area contributed by atoms with Crippen molar-refractivity contribution in [2.75, 3.05) is 6.61 Å². The molecule has 0 aliphatic carbocycles. The predicted molar refractivity (Wildman–Crippen MR) is 94.5 cm³/mol. The number of aliphatic hydroxyl groups excluding tert-OH is 1. The topological polar surface area (TPSA) is 74.7 Å². The molecule has 2 aromatic rings. The smallest absolute Gasteiger partial charge is 0.241 e. The summed E-state index contributed by atoms with van der Waals surface area (Å²) in [5, 5.41) is 8.52. The Kier molecular flexibility index (Phi) is 5.20. The molecule has 1 aliphatic heterocycles. The Bertz CT molecular complexity index is 821. The highest BCUT2D eigenvalue weighted by Crippen LogP contribution is 2.29. The van der Waals surface area contributed by atoms with Crippen LogP contribution in [-0.2, 0) is 21.2 Å². The largest absolute Gasteiger partial charge is 0.394 e. The molecule has 1 N–H and O–H groups in total. The lowest BCUT2D eigenvalue weighted by Crippen LogP contribution is -2.53. The lowest BCUT2D eigenvalue weighted by Gasteiger charge is -2.38. The van der Waals surface area contributed by atoms with Gasteiger partial charge in [0, 0.05) is 6.54 Å². The highest BCUT2D eigenvalue weighted by Gasteiger charge is 2.42. The third-order valence-electron chi connectivity index (χ3n) is 4.61. The van der Waals surface area contributed by atoms with Gasteiger partial charge in [-0.2, -0.15) is 0 Å². The summed E-state index contributed by atoms with van der Waals surface area (Å²) in [6.07, 6.45) is 0.693. The SMILES string of the molecule is O=C1C(S(=O)(=O)c2ccccc2)CC[C@@H](CO)N1Cc1ccccc1. The molecule has 0 aromatic heterocycles. The van der Waals surface area contributed by atoms with Gasteiger partial charge in [0.15, 0.2) is 9.84 Å². The molecule has 0 spiro atoms. The first kappa shape index (κ1) is 17.6. The first-order valence-electron chi connectivity index (χ1n) is 8.28. The highest BCUT2D eigenvalue weighted by atomic mass is 32.2. The molecule has 6 heteroatoms. The van der Waals surface area contributed by atoms with E-state index in [2.05, 4.69) is 0 Å². The number of nitrogens with zero attached hydrogens (tertiary/aromatic N) is 1. The Labute approximate surface area is 147 Å². The molecule has 0 saturated carbocycles. The monoisotopic (exact) mass is 359 g/mol. The number of hydrogen-bond acceptors (Lipinski definition) is 4. The maximum atomic E-state index is 13.0. The van der Waals surface area contributed by atoms with E-state index in [0.29, 0.717) is 13.0 Å². The number of carbonyl (C=O) groups excluding carboxylic acids is 1. The van der Waals surface area contributed by atoms with Gasteiger partial charge in [-0.3, -0.25) is 4.79 Å². The molecule has 25 heavy (non-hydrogen) atoms. The summed E-state index contributed by atoms with van der Waals surface area (Å²) in [6, 6.07) is 17.1. The summed E-state index contributed by atoms with van der Waals surface area (Å²) in [4.78, 5) is 14.6. The van der Waals surface area contributed by atoms with Crippen molar-refractivity contribution < 1.29 is 18.3 Å². The fraction of sp³-hybridized carbons (Fsp3) is 0.316. The van der Waals surface area contributed by atoms with E-state index in [0.717, 1.165) is 5.56 Å². The molecule has 5 nitrogen and oxygen atoms in total. The van der Waals surface area contributed by atoms with Crippen molar-refractivity contribution in [3.63, 3.8) is 0 Å². The zero-order valence-electron chi connectivity index (χ0n) is 13.8. The third-order valence-corrected chi connectivity index (χ3v) is 6.73. The van der Waals surface area contributed by atoms with Crippen molar-refractivity contribution in [2.45, 2.75) is 35.6 Å². The molecular weight excluding hydrogens is 338 g/mol. The van der Waals surface area contributed by atoms with Crippen LogP contribution in [0.15, 0.2) is 65.6 Å². The van der Waals surface area contributed by atoms with Crippen LogP contribution >= 0.6 is 0 Å². The van der Waals surface area contributed by atoms with Gasteiger partial charge >= 0.3 is 0 Å². The van der Waals surface area contributed by atoms with Crippen LogP contribution < -0.4 is 0 Å². The molecule has 1 fully saturated rings. The Hall–Kier alpha value is -2.18. The van der Waals surface area contributed by atoms with Crippen molar-refractivity contribution in [2.24, 2.45) is 0 Å². The van der Waals surface area contributed by atoms with Crippen LogP contribution in [0.2, 0.25) is 0 Å². The van der Waals surface area contributed by atoms with Crippen LogP contribution in [0.25, 0.3) is 0 Å². The number of piperidine rings is 1. The van der Waals surface area contributed by atoms with Crippen LogP contribution in [0.4, 0.5) is 0 Å². The summed E-state index contributed by atoms with van der Waals surface area (Å²) >= 11 is 0. The minimum absolute atomic E-state index is 0.162. The lowest BCUT2D eigenvalue weighted by atomic mass is 10.0. The Morgan fingerprint density at radius 1 is 0.960 bits per heavy atom. The van der Waals surface area contributed by atoms with E-state index >= 15 is 0 Å². The zero-order valence-corrected chi connectivity index (χ0v) is 14.6. The summed E-state index contributed by atoms with van der Waals surface area (Å²) < 4.78 is 25.8. The first-order chi connectivity index (χ1) is 12.0. The minimum Gasteiger partial charge on any atom is -0.394 e. The molecule has 0 radical (unpaired) electrons. The number of aliphatic hydroxyl groups is 1. The fourth-order valence-corrected chi connectivity index (χ4v) is 4.94. The summed E-state index contributed by atoms with van der Waals surface area (Å²) in [5.41, 5.74) is 0.909. The minimum atomic E-state index is -3.74. The number of likely N-dealkylation sites (tertiary alicyclic amines) is 1. The van der Waals surface area contributed by atoms with Gasteiger partial charge in [0.2, 0.25) is 5.91 Å². The van der Waals surface area contributed by atoms with Gasteiger partial charge in [-0.15, -0.1) is 0 Å². The van der Waals surface area contributed by atoms with Crippen LogP contribution in [0.5, 0.6) is 0 Å². The van der Waals surface area contributed by atoms with E-state index in [4.69, 9.17) is 0 Å². The lowest BCUT2D eigenvalue weighted by molar-refractivity contribution is -0.137. The van der Waals surface area contributed by atoms with Gasteiger partial charge in [-0.05, 0) is 30.5 Å². The van der Waals surface area contributed by atoms with Gasteiger partial charge in [0.25, 0.3) is 0 Å². The maximum absolute atomic E-state index is 13.0. The van der Waals surface area contributed by atoms with Crippen LogP contribution in [0.1, 0.15) is 18.4 Å². The van der Waals surface area contributed by atoms with E-state index in [1.54, 1.807) is 18.2 Å². The van der Waals surface area contributed by atoms with Crippen molar-refractivity contribution in [1.29, 1.82) is 0 Å². The molecule has 132 valence electrons. The number of hydrogen-bond donors (Lipinski definition) is 1. The van der Waals surface area contributed by atoms with Crippen LogP contribution in [-0.4, -0.2) is 42.2 Å². The molecule has 0 bridgehead atoms. The molecule has 1 amide bonds. The molecule has 1 aliphatic rings. The number of amides is 1. The second-order valence-corrected chi connectivity index (χ2v) is 8.34. The number of rotatable bonds is 5. The molecule has 1 heterocycles. The quantitative estimate of drug-likeness (QED) is 0.886. The molecule has 2 atom stereocenters. The van der Waals surface area contributed by atoms with Crippen LogP contribution in [0.3, 0.4) is 0 Å². The predicted octanol–water partition coefficient (Wildman–Crippen LogP) is 2.01. The van der Waals surface area contributed by atoms with Crippen molar-refractivity contribution in [3.05, 3.63) is 66.2 Å². The Morgan fingerprint density at radius 2 is 1.56 bits per heavy atom. The molecular formula is C19H21NO4S. The second-order valence-electron chi connectivity index (χ2n) is 6.21. The number of carbonyl (C=O) groups is 1. The summed E-state index contributed by atoms with van der Waals surface area (Å²) in [6.45, 7) is 0.127. The first-order valence-corrected chi connectivity index (χ1v) is 9.83. The number of sulfone groups is 1. The Balaban J connectivity index is 1.89. The van der Waals surface area contributed by atoms with Gasteiger partial charge in [-0.1, -0.05) is 48.5 Å². The molecule has 3 rings (SSSR count). The van der Waals surface area contributed by atoms with Gasteiger partial charge in [0.1, 0.15) is 5.25 Å². The van der Waals surface area contributed by atoms with E-state index in [-0.39, 0.29) is 24.0 Å². The number of benzene rings is 2. The average Bonchev–Trinajstić information content (AvgIpc) is 2.64. The molecule has 1 saturated heterocycles. The molecule has 2 aromatic carbocycles. The highest BCUT2D eigenvalue weighted by molar-refractivity contribution is 7.92. The van der Waals surface area contributed by atoms with Crippen molar-refractivity contribution in [1.82, 2.24) is 4.90 Å². The van der Waals surface area contributed by atoms with E-state index in [1.165, 1.54) is 17.0 Å². The maximum Gasteiger partial charge on any atom is 0.241 e. The average molecular weight is 359 g/mol. The third kappa shape index (κ3) is 3.60. The summed E-state index contributed by atoms with van der Waals surface area (Å²) in [5.74, 6) is -0.432. The van der Waals surface area contributed by atoms with Crippen LogP contribution in [0, 0.1) is 0 Å². The van der Waals surface area contributed by atoms with Crippen molar-refractivity contribution in [3.8, 4) is 0 Å². The van der Waals surface area contributed by atoms with E-state index in [9.17, 15) is 18.3 Å². The van der Waals surface area contributed by atoms with Crippen molar-refractivity contribution >= 4 is 15.7 Å². The van der Waals surface area contributed by atoms with E-state index < -0.39 is 21.0 Å². The molecule has 1 unspecified atom stereocenters. The van der Waals surface area contributed by atoms with Gasteiger partial charge in [0.05, 0.1) is 17.5 Å². The fourth-order valence-electron chi connectivity index (χ4n) is 3.23. The second kappa shape index (κ2) is 7.37. The zero-order chi connectivity index (χ0) is 17.9.